The summed E-state index contributed by atoms with van der Waals surface area (Å²) in [6.45, 7) is 2.23. The van der Waals surface area contributed by atoms with Gasteiger partial charge in [0, 0.05) is 12.2 Å². The van der Waals surface area contributed by atoms with Gasteiger partial charge in [-0.25, -0.2) is 0 Å². The molecule has 0 rings (SSSR count). The van der Waals surface area contributed by atoms with Gasteiger partial charge in [0.05, 0.1) is 0 Å². The van der Waals surface area contributed by atoms with Crippen molar-refractivity contribution in [3.63, 3.8) is 0 Å². The van der Waals surface area contributed by atoms with Crippen molar-refractivity contribution in [2.24, 2.45) is 0 Å². The molecule has 0 unspecified atom stereocenters. The summed E-state index contributed by atoms with van der Waals surface area (Å²) in [4.78, 5) is 10.3. The van der Waals surface area contributed by atoms with Gasteiger partial charge < -0.3 is 5.11 Å². The molecule has 116 valence electrons. The van der Waals surface area contributed by atoms with Gasteiger partial charge in [0.25, 0.3) is 0 Å². The summed E-state index contributed by atoms with van der Waals surface area (Å²) >= 11 is 1.93. The molecule has 0 fully saturated rings. The van der Waals surface area contributed by atoms with Gasteiger partial charge in [-0.2, -0.15) is 11.8 Å². The quantitative estimate of drug-likeness (QED) is 0.342. The second-order valence-electron chi connectivity index (χ2n) is 4.95. The molecule has 0 aliphatic carbocycles. The number of carbonyl (C=O) groups is 1. The van der Waals surface area contributed by atoms with Crippen LogP contribution in [0.1, 0.15) is 64.7 Å². The molecule has 0 spiro atoms. The van der Waals surface area contributed by atoms with Gasteiger partial charge in [0.15, 0.2) is 0 Å². The van der Waals surface area contributed by atoms with E-state index in [0.717, 1.165) is 37.2 Å². The molecule has 20 heavy (non-hydrogen) atoms. The van der Waals surface area contributed by atoms with Gasteiger partial charge in [-0.05, 0) is 37.9 Å². The van der Waals surface area contributed by atoms with Crippen molar-refractivity contribution in [3.05, 3.63) is 24.3 Å². The Morgan fingerprint density at radius 3 is 2.55 bits per heavy atom. The Balaban J connectivity index is 3.17. The number of hydrogen-bond acceptors (Lipinski definition) is 2. The lowest BCUT2D eigenvalue weighted by molar-refractivity contribution is -0.137. The highest BCUT2D eigenvalue weighted by Crippen LogP contribution is 2.08. The standard InChI is InChI=1S/C17H30O2S/c1-2-3-4-5-6-7-8-9-12-15-20-16-13-10-11-14-17(18)19/h6-7,9,12H,2-5,8,10-11,13-16H2,1H3,(H,18,19). The van der Waals surface area contributed by atoms with Gasteiger partial charge in [-0.15, -0.1) is 0 Å². The Kier molecular flexibility index (Phi) is 15.8. The Bertz CT molecular complexity index is 272. The van der Waals surface area contributed by atoms with Gasteiger partial charge in [0.2, 0.25) is 0 Å². The predicted molar refractivity (Wildman–Crippen MR) is 90.5 cm³/mol. The molecule has 3 heteroatoms. The zero-order chi connectivity index (χ0) is 14.9. The minimum Gasteiger partial charge on any atom is -0.481 e. The second kappa shape index (κ2) is 16.4. The number of unbranched alkanes of at least 4 members (excludes halogenated alkanes) is 5. The summed E-state index contributed by atoms with van der Waals surface area (Å²) in [6.07, 6.45) is 18.5. The van der Waals surface area contributed by atoms with E-state index in [0.29, 0.717) is 6.42 Å². The van der Waals surface area contributed by atoms with Crippen molar-refractivity contribution in [1.29, 1.82) is 0 Å². The number of aliphatic carboxylic acids is 1. The topological polar surface area (TPSA) is 37.3 Å². The molecular formula is C17H30O2S. The van der Waals surface area contributed by atoms with Crippen LogP contribution < -0.4 is 0 Å². The number of rotatable bonds is 14. The molecule has 2 nitrogen and oxygen atoms in total. The first-order valence-electron chi connectivity index (χ1n) is 7.87. The van der Waals surface area contributed by atoms with Crippen LogP contribution in [0.15, 0.2) is 24.3 Å². The number of carboxylic acids is 1. The molecule has 0 atom stereocenters. The molecule has 1 N–H and O–H groups in total. The SMILES string of the molecule is CCCCCC=CCC=CCSCCCCCC(=O)O. The summed E-state index contributed by atoms with van der Waals surface area (Å²) in [5.41, 5.74) is 0. The number of allylic oxidation sites excluding steroid dienone is 3. The van der Waals surface area contributed by atoms with Crippen molar-refractivity contribution in [2.45, 2.75) is 64.7 Å². The van der Waals surface area contributed by atoms with Crippen molar-refractivity contribution in [1.82, 2.24) is 0 Å². The Morgan fingerprint density at radius 2 is 1.80 bits per heavy atom. The van der Waals surface area contributed by atoms with E-state index in [-0.39, 0.29) is 0 Å². The average molecular weight is 298 g/mol. The Labute approximate surface area is 128 Å². The highest BCUT2D eigenvalue weighted by molar-refractivity contribution is 7.99. The largest absolute Gasteiger partial charge is 0.481 e. The van der Waals surface area contributed by atoms with Gasteiger partial charge >= 0.3 is 5.97 Å². The number of carboxylic acid groups (broad SMARTS) is 1. The van der Waals surface area contributed by atoms with E-state index < -0.39 is 5.97 Å². The molecule has 0 aliphatic rings. The highest BCUT2D eigenvalue weighted by Gasteiger charge is 1.95. The van der Waals surface area contributed by atoms with Crippen molar-refractivity contribution >= 4 is 17.7 Å². The van der Waals surface area contributed by atoms with Crippen LogP contribution in [0.2, 0.25) is 0 Å². The Morgan fingerprint density at radius 1 is 1.00 bits per heavy atom. The van der Waals surface area contributed by atoms with E-state index in [1.165, 1.54) is 25.7 Å². The minimum atomic E-state index is -0.677. The van der Waals surface area contributed by atoms with E-state index in [1.54, 1.807) is 0 Å². The lowest BCUT2D eigenvalue weighted by Gasteiger charge is -1.98. The minimum absolute atomic E-state index is 0.315. The van der Waals surface area contributed by atoms with Crippen LogP contribution >= 0.6 is 11.8 Å². The molecule has 0 saturated heterocycles. The molecule has 0 amide bonds. The van der Waals surface area contributed by atoms with Gasteiger partial charge in [0.1, 0.15) is 0 Å². The van der Waals surface area contributed by atoms with Gasteiger partial charge in [-0.3, -0.25) is 4.79 Å². The van der Waals surface area contributed by atoms with Crippen molar-refractivity contribution in [3.8, 4) is 0 Å². The van der Waals surface area contributed by atoms with Crippen LogP contribution in [0, 0.1) is 0 Å². The monoisotopic (exact) mass is 298 g/mol. The van der Waals surface area contributed by atoms with Crippen LogP contribution in [0.3, 0.4) is 0 Å². The second-order valence-corrected chi connectivity index (χ2v) is 6.10. The molecule has 0 aliphatic heterocycles. The zero-order valence-corrected chi connectivity index (χ0v) is 13.7. The molecule has 0 radical (unpaired) electrons. The summed E-state index contributed by atoms with van der Waals surface area (Å²) in [5.74, 6) is 1.53. The lowest BCUT2D eigenvalue weighted by atomic mass is 10.2. The van der Waals surface area contributed by atoms with Crippen LogP contribution in [-0.4, -0.2) is 22.6 Å². The normalized spacial score (nSPS) is 11.7. The predicted octanol–water partition coefficient (Wildman–Crippen LogP) is 5.45. The van der Waals surface area contributed by atoms with E-state index in [1.807, 2.05) is 11.8 Å². The van der Waals surface area contributed by atoms with E-state index >= 15 is 0 Å². The van der Waals surface area contributed by atoms with Crippen molar-refractivity contribution < 1.29 is 9.90 Å². The number of thioether (sulfide) groups is 1. The maximum atomic E-state index is 10.3. The Hall–Kier alpha value is -0.700. The third-order valence-corrected chi connectivity index (χ3v) is 3.98. The fourth-order valence-corrected chi connectivity index (χ4v) is 2.62. The smallest absolute Gasteiger partial charge is 0.303 e. The molecular weight excluding hydrogens is 268 g/mol. The van der Waals surface area contributed by atoms with E-state index in [4.69, 9.17) is 5.11 Å². The summed E-state index contributed by atoms with van der Waals surface area (Å²) < 4.78 is 0. The van der Waals surface area contributed by atoms with Crippen molar-refractivity contribution in [2.75, 3.05) is 11.5 Å². The highest BCUT2D eigenvalue weighted by atomic mass is 32.2. The van der Waals surface area contributed by atoms with Gasteiger partial charge in [-0.1, -0.05) is 50.5 Å². The molecule has 0 aromatic carbocycles. The number of hydrogen-bond donors (Lipinski definition) is 1. The fourth-order valence-electron chi connectivity index (χ4n) is 1.78. The van der Waals surface area contributed by atoms with Crippen LogP contribution in [0.5, 0.6) is 0 Å². The summed E-state index contributed by atoms with van der Waals surface area (Å²) in [5, 5.41) is 8.50. The van der Waals surface area contributed by atoms with Crippen LogP contribution in [0.25, 0.3) is 0 Å². The maximum Gasteiger partial charge on any atom is 0.303 e. The first kappa shape index (κ1) is 19.3. The molecule has 0 saturated carbocycles. The fraction of sp³-hybridized carbons (Fsp3) is 0.706. The molecule has 0 bridgehead atoms. The average Bonchev–Trinajstić information content (AvgIpc) is 2.43. The lowest BCUT2D eigenvalue weighted by Crippen LogP contribution is -1.93. The maximum absolute atomic E-state index is 10.3. The van der Waals surface area contributed by atoms with E-state index in [2.05, 4.69) is 31.2 Å². The third kappa shape index (κ3) is 17.3. The molecule has 0 aromatic rings. The van der Waals surface area contributed by atoms with Crippen LogP contribution in [0.4, 0.5) is 0 Å². The summed E-state index contributed by atoms with van der Waals surface area (Å²) in [7, 11) is 0. The first-order chi connectivity index (χ1) is 9.77. The summed E-state index contributed by atoms with van der Waals surface area (Å²) in [6, 6.07) is 0. The zero-order valence-electron chi connectivity index (χ0n) is 12.9. The van der Waals surface area contributed by atoms with E-state index in [9.17, 15) is 4.79 Å². The molecule has 0 heterocycles. The third-order valence-electron chi connectivity index (χ3n) is 2.97. The molecule has 0 aromatic heterocycles. The first-order valence-corrected chi connectivity index (χ1v) is 9.02. The van der Waals surface area contributed by atoms with Crippen LogP contribution in [-0.2, 0) is 4.79 Å².